The maximum absolute atomic E-state index is 12.8. The van der Waals surface area contributed by atoms with Crippen molar-refractivity contribution in [1.82, 2.24) is 0 Å². The van der Waals surface area contributed by atoms with Crippen molar-refractivity contribution in [2.24, 2.45) is 0 Å². The van der Waals surface area contributed by atoms with Crippen LogP contribution in [0.1, 0.15) is 17.3 Å². The molecule has 0 spiro atoms. The Morgan fingerprint density at radius 2 is 1.24 bits per heavy atom. The molecule has 5 nitrogen and oxygen atoms in total. The number of para-hydroxylation sites is 2. The van der Waals surface area contributed by atoms with Crippen LogP contribution in [0.5, 0.6) is 5.75 Å². The number of benzene rings is 4. The highest BCUT2D eigenvalue weighted by molar-refractivity contribution is 6.10. The van der Waals surface area contributed by atoms with Gasteiger partial charge in [-0.3, -0.25) is 9.59 Å². The third-order valence-electron chi connectivity index (χ3n) is 5.10. The molecule has 4 aromatic carbocycles. The summed E-state index contributed by atoms with van der Waals surface area (Å²) in [6.07, 6.45) is -0.752. The van der Waals surface area contributed by atoms with E-state index in [0.29, 0.717) is 22.7 Å². The lowest BCUT2D eigenvalue weighted by Crippen LogP contribution is -2.31. The quantitative estimate of drug-likeness (QED) is 0.373. The van der Waals surface area contributed by atoms with E-state index in [-0.39, 0.29) is 11.8 Å². The van der Waals surface area contributed by atoms with Crippen LogP contribution in [0.3, 0.4) is 0 Å². The van der Waals surface area contributed by atoms with Crippen molar-refractivity contribution in [2.75, 3.05) is 10.6 Å². The molecule has 1 atom stereocenters. The lowest BCUT2D eigenvalue weighted by atomic mass is 10.1. The van der Waals surface area contributed by atoms with Crippen LogP contribution in [0.15, 0.2) is 109 Å². The second-order valence-corrected chi connectivity index (χ2v) is 7.51. The zero-order valence-corrected chi connectivity index (χ0v) is 18.2. The van der Waals surface area contributed by atoms with Gasteiger partial charge < -0.3 is 15.4 Å². The Morgan fingerprint density at radius 3 is 1.94 bits per heavy atom. The van der Waals surface area contributed by atoms with E-state index >= 15 is 0 Å². The van der Waals surface area contributed by atoms with Crippen LogP contribution in [-0.2, 0) is 4.79 Å². The van der Waals surface area contributed by atoms with E-state index in [1.807, 2.05) is 72.8 Å². The molecule has 0 fully saturated rings. The summed E-state index contributed by atoms with van der Waals surface area (Å²) in [6, 6.07) is 33.7. The lowest BCUT2D eigenvalue weighted by molar-refractivity contribution is -0.122. The van der Waals surface area contributed by atoms with E-state index in [2.05, 4.69) is 10.6 Å². The Kier molecular flexibility index (Phi) is 6.81. The number of rotatable bonds is 7. The molecule has 1 unspecified atom stereocenters. The molecule has 164 valence electrons. The Balaban J connectivity index is 1.40. The van der Waals surface area contributed by atoms with E-state index in [1.165, 1.54) is 0 Å². The van der Waals surface area contributed by atoms with Gasteiger partial charge in [0.1, 0.15) is 5.75 Å². The molecule has 5 heteroatoms. The Labute approximate surface area is 193 Å². The van der Waals surface area contributed by atoms with Gasteiger partial charge in [0.15, 0.2) is 6.10 Å². The van der Waals surface area contributed by atoms with Crippen LogP contribution in [0.25, 0.3) is 11.1 Å². The number of carbonyl (C=O) groups is 2. The maximum Gasteiger partial charge on any atom is 0.265 e. The summed E-state index contributed by atoms with van der Waals surface area (Å²) in [6.45, 7) is 1.67. The highest BCUT2D eigenvalue weighted by Crippen LogP contribution is 2.23. The third-order valence-corrected chi connectivity index (χ3v) is 5.10. The van der Waals surface area contributed by atoms with Gasteiger partial charge in [-0.2, -0.15) is 0 Å². The fourth-order valence-corrected chi connectivity index (χ4v) is 3.36. The molecule has 0 radical (unpaired) electrons. The first-order chi connectivity index (χ1) is 16.1. The SMILES string of the molecule is CC(Oc1ccc(-c2ccccc2)cc1)C(=O)Nc1ccccc1C(=O)Nc1ccccc1. The van der Waals surface area contributed by atoms with Crippen molar-refractivity contribution in [3.8, 4) is 16.9 Å². The summed E-state index contributed by atoms with van der Waals surface area (Å²) in [5.74, 6) is -0.0586. The highest BCUT2D eigenvalue weighted by Gasteiger charge is 2.18. The largest absolute Gasteiger partial charge is 0.481 e. The van der Waals surface area contributed by atoms with Crippen molar-refractivity contribution in [3.05, 3.63) is 115 Å². The molecule has 0 aliphatic carbocycles. The smallest absolute Gasteiger partial charge is 0.265 e. The molecule has 33 heavy (non-hydrogen) atoms. The number of anilines is 2. The molecule has 0 saturated carbocycles. The number of hydrogen-bond donors (Lipinski definition) is 2. The standard InChI is InChI=1S/C28H24N2O3/c1-20(33-24-18-16-22(17-19-24)21-10-4-2-5-11-21)27(31)30-26-15-9-8-14-25(26)28(32)29-23-12-6-3-7-13-23/h2-20H,1H3,(H,29,32)(H,30,31). The van der Waals surface area contributed by atoms with Crippen molar-refractivity contribution < 1.29 is 14.3 Å². The number of nitrogens with one attached hydrogen (secondary N) is 2. The van der Waals surface area contributed by atoms with Gasteiger partial charge in [0.25, 0.3) is 11.8 Å². The first kappa shape index (κ1) is 21.8. The number of hydrogen-bond acceptors (Lipinski definition) is 3. The van der Waals surface area contributed by atoms with Crippen LogP contribution in [0, 0.1) is 0 Å². The van der Waals surface area contributed by atoms with Gasteiger partial charge in [0, 0.05) is 5.69 Å². The molecular formula is C28H24N2O3. The fraction of sp³-hybridized carbons (Fsp3) is 0.0714. The molecule has 0 aromatic heterocycles. The summed E-state index contributed by atoms with van der Waals surface area (Å²) >= 11 is 0. The number of ether oxygens (including phenoxy) is 1. The summed E-state index contributed by atoms with van der Waals surface area (Å²) in [5, 5.41) is 5.65. The van der Waals surface area contributed by atoms with Crippen LogP contribution < -0.4 is 15.4 Å². The minimum Gasteiger partial charge on any atom is -0.481 e. The minimum absolute atomic E-state index is 0.304. The number of amides is 2. The van der Waals surface area contributed by atoms with Crippen LogP contribution in [0.2, 0.25) is 0 Å². The van der Waals surface area contributed by atoms with Gasteiger partial charge in [-0.15, -0.1) is 0 Å². The highest BCUT2D eigenvalue weighted by atomic mass is 16.5. The zero-order chi connectivity index (χ0) is 23.0. The molecule has 0 saturated heterocycles. The van der Waals surface area contributed by atoms with Crippen molar-refractivity contribution in [1.29, 1.82) is 0 Å². The first-order valence-corrected chi connectivity index (χ1v) is 10.7. The van der Waals surface area contributed by atoms with Crippen molar-refractivity contribution in [2.45, 2.75) is 13.0 Å². The Morgan fingerprint density at radius 1 is 0.667 bits per heavy atom. The van der Waals surface area contributed by atoms with Crippen molar-refractivity contribution in [3.63, 3.8) is 0 Å². The van der Waals surface area contributed by atoms with Crippen LogP contribution >= 0.6 is 0 Å². The van der Waals surface area contributed by atoms with E-state index in [0.717, 1.165) is 11.1 Å². The average Bonchev–Trinajstić information content (AvgIpc) is 2.86. The van der Waals surface area contributed by atoms with Gasteiger partial charge in [-0.25, -0.2) is 0 Å². The molecule has 0 aliphatic heterocycles. The summed E-state index contributed by atoms with van der Waals surface area (Å²) in [5.41, 5.74) is 3.65. The molecule has 0 aliphatic rings. The van der Waals surface area contributed by atoms with Gasteiger partial charge >= 0.3 is 0 Å². The van der Waals surface area contributed by atoms with E-state index in [1.54, 1.807) is 43.3 Å². The molecular weight excluding hydrogens is 412 g/mol. The van der Waals surface area contributed by atoms with Gasteiger partial charge in [-0.05, 0) is 54.4 Å². The Bertz CT molecular complexity index is 1220. The Hall–Kier alpha value is -4.38. The van der Waals surface area contributed by atoms with E-state index < -0.39 is 6.10 Å². The summed E-state index contributed by atoms with van der Waals surface area (Å²) < 4.78 is 5.82. The second kappa shape index (κ2) is 10.3. The maximum atomic E-state index is 12.8. The zero-order valence-electron chi connectivity index (χ0n) is 18.2. The average molecular weight is 437 g/mol. The van der Waals surface area contributed by atoms with E-state index in [4.69, 9.17) is 4.74 Å². The molecule has 4 rings (SSSR count). The molecule has 4 aromatic rings. The van der Waals surface area contributed by atoms with Crippen molar-refractivity contribution >= 4 is 23.2 Å². The third kappa shape index (κ3) is 5.66. The molecule has 0 heterocycles. The number of carbonyl (C=O) groups excluding carboxylic acids is 2. The van der Waals surface area contributed by atoms with Crippen LogP contribution in [0.4, 0.5) is 11.4 Å². The molecule has 0 bridgehead atoms. The second-order valence-electron chi connectivity index (χ2n) is 7.51. The monoisotopic (exact) mass is 436 g/mol. The predicted molar refractivity (Wildman–Crippen MR) is 131 cm³/mol. The van der Waals surface area contributed by atoms with E-state index in [9.17, 15) is 9.59 Å². The fourth-order valence-electron chi connectivity index (χ4n) is 3.36. The molecule has 2 amide bonds. The topological polar surface area (TPSA) is 67.4 Å². The summed E-state index contributed by atoms with van der Waals surface area (Å²) in [4.78, 5) is 25.5. The minimum atomic E-state index is -0.752. The normalized spacial score (nSPS) is 11.3. The first-order valence-electron chi connectivity index (χ1n) is 10.7. The van der Waals surface area contributed by atoms with Gasteiger partial charge in [-0.1, -0.05) is 72.8 Å². The van der Waals surface area contributed by atoms with Crippen LogP contribution in [-0.4, -0.2) is 17.9 Å². The van der Waals surface area contributed by atoms with Gasteiger partial charge in [0.2, 0.25) is 0 Å². The predicted octanol–water partition coefficient (Wildman–Crippen LogP) is 6.01. The summed E-state index contributed by atoms with van der Waals surface area (Å²) in [7, 11) is 0. The molecule has 2 N–H and O–H groups in total. The van der Waals surface area contributed by atoms with Gasteiger partial charge in [0.05, 0.1) is 11.3 Å². The lowest BCUT2D eigenvalue weighted by Gasteiger charge is -2.17.